The predicted octanol–water partition coefficient (Wildman–Crippen LogP) is 2.58. The molecule has 0 aliphatic carbocycles. The van der Waals surface area contributed by atoms with Crippen LogP contribution in [0.3, 0.4) is 0 Å². The molecule has 1 N–H and O–H groups in total. The van der Waals surface area contributed by atoms with Gasteiger partial charge in [0.1, 0.15) is 0 Å². The van der Waals surface area contributed by atoms with Crippen molar-refractivity contribution in [3.05, 3.63) is 34.9 Å². The lowest BCUT2D eigenvalue weighted by Gasteiger charge is -2.34. The SMILES string of the molecule is CN(C)C(=O)N1CCC(NCc2ccc(Cl)cc2)CC1. The highest BCUT2D eigenvalue weighted by Crippen LogP contribution is 2.13. The van der Waals surface area contributed by atoms with Gasteiger partial charge in [0.25, 0.3) is 0 Å². The topological polar surface area (TPSA) is 35.6 Å². The Bertz CT molecular complexity index is 439. The molecule has 20 heavy (non-hydrogen) atoms. The molecule has 1 saturated heterocycles. The number of halogens is 1. The second-order valence-corrected chi connectivity index (χ2v) is 5.88. The van der Waals surface area contributed by atoms with Crippen molar-refractivity contribution in [2.75, 3.05) is 27.2 Å². The minimum atomic E-state index is 0.112. The van der Waals surface area contributed by atoms with Gasteiger partial charge in [-0.3, -0.25) is 0 Å². The molecule has 0 aromatic heterocycles. The van der Waals surface area contributed by atoms with Crippen LogP contribution >= 0.6 is 11.6 Å². The lowest BCUT2D eigenvalue weighted by molar-refractivity contribution is 0.152. The van der Waals surface area contributed by atoms with Crippen LogP contribution in [0.15, 0.2) is 24.3 Å². The first-order valence-corrected chi connectivity index (χ1v) is 7.38. The van der Waals surface area contributed by atoms with Crippen molar-refractivity contribution >= 4 is 17.6 Å². The van der Waals surface area contributed by atoms with Crippen molar-refractivity contribution in [2.45, 2.75) is 25.4 Å². The van der Waals surface area contributed by atoms with Crippen molar-refractivity contribution in [2.24, 2.45) is 0 Å². The van der Waals surface area contributed by atoms with E-state index in [-0.39, 0.29) is 6.03 Å². The fraction of sp³-hybridized carbons (Fsp3) is 0.533. The van der Waals surface area contributed by atoms with Gasteiger partial charge in [-0.25, -0.2) is 4.79 Å². The number of carbonyl (C=O) groups is 1. The van der Waals surface area contributed by atoms with Crippen molar-refractivity contribution in [3.63, 3.8) is 0 Å². The Kier molecular flexibility index (Phi) is 5.26. The van der Waals surface area contributed by atoms with E-state index in [1.165, 1.54) is 5.56 Å². The van der Waals surface area contributed by atoms with E-state index in [0.717, 1.165) is 37.5 Å². The second-order valence-electron chi connectivity index (χ2n) is 5.45. The molecule has 0 spiro atoms. The summed E-state index contributed by atoms with van der Waals surface area (Å²) in [5.74, 6) is 0. The molecule has 0 radical (unpaired) electrons. The molecule has 0 bridgehead atoms. The fourth-order valence-corrected chi connectivity index (χ4v) is 2.55. The quantitative estimate of drug-likeness (QED) is 0.930. The normalized spacial score (nSPS) is 16.2. The molecule has 1 fully saturated rings. The largest absolute Gasteiger partial charge is 0.331 e. The summed E-state index contributed by atoms with van der Waals surface area (Å²) in [7, 11) is 3.60. The van der Waals surface area contributed by atoms with Crippen LogP contribution in [-0.2, 0) is 6.54 Å². The van der Waals surface area contributed by atoms with E-state index in [4.69, 9.17) is 11.6 Å². The Morgan fingerprint density at radius 2 is 1.90 bits per heavy atom. The highest BCUT2D eigenvalue weighted by atomic mass is 35.5. The lowest BCUT2D eigenvalue weighted by Crippen LogP contribution is -2.47. The van der Waals surface area contributed by atoms with Gasteiger partial charge in [-0.15, -0.1) is 0 Å². The van der Waals surface area contributed by atoms with E-state index in [0.29, 0.717) is 6.04 Å². The van der Waals surface area contributed by atoms with Gasteiger partial charge in [-0.2, -0.15) is 0 Å². The van der Waals surface area contributed by atoms with Gasteiger partial charge < -0.3 is 15.1 Å². The number of likely N-dealkylation sites (tertiary alicyclic amines) is 1. The molecule has 0 unspecified atom stereocenters. The maximum atomic E-state index is 11.8. The monoisotopic (exact) mass is 295 g/mol. The van der Waals surface area contributed by atoms with Crippen LogP contribution in [0.25, 0.3) is 0 Å². The van der Waals surface area contributed by atoms with Crippen molar-refractivity contribution < 1.29 is 4.79 Å². The molecule has 1 aromatic carbocycles. The van der Waals surface area contributed by atoms with Gasteiger partial charge in [-0.1, -0.05) is 23.7 Å². The molecule has 110 valence electrons. The standard InChI is InChI=1S/C15H22ClN3O/c1-18(2)15(20)19-9-7-14(8-10-19)17-11-12-3-5-13(16)6-4-12/h3-6,14,17H,7-11H2,1-2H3. The number of piperidine rings is 1. The van der Waals surface area contributed by atoms with Gasteiger partial charge >= 0.3 is 6.03 Å². The number of hydrogen-bond acceptors (Lipinski definition) is 2. The predicted molar refractivity (Wildman–Crippen MR) is 82.0 cm³/mol. The number of nitrogens with zero attached hydrogens (tertiary/aromatic N) is 2. The Morgan fingerprint density at radius 1 is 1.30 bits per heavy atom. The number of amides is 2. The summed E-state index contributed by atoms with van der Waals surface area (Å²) in [6.07, 6.45) is 2.01. The third-order valence-electron chi connectivity index (χ3n) is 3.66. The first kappa shape index (κ1) is 15.1. The van der Waals surface area contributed by atoms with Gasteiger partial charge in [-0.05, 0) is 30.5 Å². The summed E-state index contributed by atoms with van der Waals surface area (Å²) >= 11 is 5.87. The Balaban J connectivity index is 1.74. The lowest BCUT2D eigenvalue weighted by atomic mass is 10.0. The molecule has 1 heterocycles. The molecule has 0 atom stereocenters. The van der Waals surface area contributed by atoms with E-state index in [9.17, 15) is 4.79 Å². The fourth-order valence-electron chi connectivity index (χ4n) is 2.42. The smallest absolute Gasteiger partial charge is 0.319 e. The highest BCUT2D eigenvalue weighted by molar-refractivity contribution is 6.30. The van der Waals surface area contributed by atoms with Gasteiger partial charge in [0, 0.05) is 44.8 Å². The van der Waals surface area contributed by atoms with E-state index < -0.39 is 0 Å². The number of rotatable bonds is 3. The van der Waals surface area contributed by atoms with E-state index in [2.05, 4.69) is 5.32 Å². The minimum absolute atomic E-state index is 0.112. The minimum Gasteiger partial charge on any atom is -0.331 e. The van der Waals surface area contributed by atoms with Gasteiger partial charge in [0.2, 0.25) is 0 Å². The maximum Gasteiger partial charge on any atom is 0.319 e. The van der Waals surface area contributed by atoms with Gasteiger partial charge in [0.15, 0.2) is 0 Å². The molecule has 1 aliphatic heterocycles. The Labute approximate surface area is 125 Å². The van der Waals surface area contributed by atoms with Crippen LogP contribution in [0.2, 0.25) is 5.02 Å². The van der Waals surface area contributed by atoms with Gasteiger partial charge in [0.05, 0.1) is 0 Å². The molecule has 4 nitrogen and oxygen atoms in total. The van der Waals surface area contributed by atoms with Crippen molar-refractivity contribution in [3.8, 4) is 0 Å². The number of benzene rings is 1. The Hall–Kier alpha value is -1.26. The van der Waals surface area contributed by atoms with Crippen LogP contribution in [-0.4, -0.2) is 49.1 Å². The molecule has 2 rings (SSSR count). The number of nitrogens with one attached hydrogen (secondary N) is 1. The number of hydrogen-bond donors (Lipinski definition) is 1. The molecule has 2 amide bonds. The summed E-state index contributed by atoms with van der Waals surface area (Å²) in [6.45, 7) is 2.51. The van der Waals surface area contributed by atoms with Crippen LogP contribution in [0.1, 0.15) is 18.4 Å². The Morgan fingerprint density at radius 3 is 2.45 bits per heavy atom. The molecule has 1 aromatic rings. The number of carbonyl (C=O) groups excluding carboxylic acids is 1. The van der Waals surface area contributed by atoms with Crippen LogP contribution in [0.5, 0.6) is 0 Å². The third kappa shape index (κ3) is 4.12. The van der Waals surface area contributed by atoms with Crippen molar-refractivity contribution in [1.29, 1.82) is 0 Å². The summed E-state index contributed by atoms with van der Waals surface area (Å²) in [5, 5.41) is 4.32. The molecular weight excluding hydrogens is 274 g/mol. The van der Waals surface area contributed by atoms with E-state index in [1.807, 2.05) is 29.2 Å². The van der Waals surface area contributed by atoms with E-state index >= 15 is 0 Å². The molecule has 5 heteroatoms. The average molecular weight is 296 g/mol. The van der Waals surface area contributed by atoms with Crippen LogP contribution < -0.4 is 5.32 Å². The number of urea groups is 1. The molecule has 1 aliphatic rings. The summed E-state index contributed by atoms with van der Waals surface area (Å²) < 4.78 is 0. The maximum absolute atomic E-state index is 11.8. The zero-order chi connectivity index (χ0) is 14.5. The molecule has 0 saturated carbocycles. The van der Waals surface area contributed by atoms with Crippen LogP contribution in [0, 0.1) is 0 Å². The average Bonchev–Trinajstić information content (AvgIpc) is 2.46. The first-order chi connectivity index (χ1) is 9.56. The second kappa shape index (κ2) is 6.95. The van der Waals surface area contributed by atoms with Crippen LogP contribution in [0.4, 0.5) is 4.79 Å². The summed E-state index contributed by atoms with van der Waals surface area (Å²) in [4.78, 5) is 15.4. The zero-order valence-electron chi connectivity index (χ0n) is 12.1. The molecular formula is C15H22ClN3O. The third-order valence-corrected chi connectivity index (χ3v) is 3.91. The zero-order valence-corrected chi connectivity index (χ0v) is 12.9. The van der Waals surface area contributed by atoms with E-state index in [1.54, 1.807) is 19.0 Å². The summed E-state index contributed by atoms with van der Waals surface area (Å²) in [5.41, 5.74) is 1.24. The van der Waals surface area contributed by atoms with Crippen molar-refractivity contribution in [1.82, 2.24) is 15.1 Å². The highest BCUT2D eigenvalue weighted by Gasteiger charge is 2.23. The first-order valence-electron chi connectivity index (χ1n) is 7.00. The summed E-state index contributed by atoms with van der Waals surface area (Å²) in [6, 6.07) is 8.51.